The van der Waals surface area contributed by atoms with Gasteiger partial charge in [-0.05, 0) is 26.2 Å². The summed E-state index contributed by atoms with van der Waals surface area (Å²) < 4.78 is 0. The summed E-state index contributed by atoms with van der Waals surface area (Å²) in [5.74, 6) is 0.344. The first-order chi connectivity index (χ1) is 7.24. The van der Waals surface area contributed by atoms with Gasteiger partial charge in [0.2, 0.25) is 5.91 Å². The molecule has 2 rings (SSSR count). The standard InChI is InChI=1S/C12H22N2O/c1-3-6-11-12(15)14(9(2)13-11)10-7-4-5-8-10/h9-11,13H,3-8H2,1-2H3. The fourth-order valence-electron chi connectivity index (χ4n) is 2.99. The summed E-state index contributed by atoms with van der Waals surface area (Å²) >= 11 is 0. The molecule has 1 aliphatic carbocycles. The Labute approximate surface area is 92.2 Å². The van der Waals surface area contributed by atoms with Crippen molar-refractivity contribution in [1.29, 1.82) is 0 Å². The van der Waals surface area contributed by atoms with Crippen LogP contribution >= 0.6 is 0 Å². The van der Waals surface area contributed by atoms with E-state index in [1.165, 1.54) is 25.7 Å². The van der Waals surface area contributed by atoms with Crippen molar-refractivity contribution in [3.8, 4) is 0 Å². The monoisotopic (exact) mass is 210 g/mol. The molecule has 3 heteroatoms. The van der Waals surface area contributed by atoms with Crippen LogP contribution in [0.15, 0.2) is 0 Å². The summed E-state index contributed by atoms with van der Waals surface area (Å²) in [5, 5.41) is 3.41. The Morgan fingerprint density at radius 3 is 2.67 bits per heavy atom. The molecule has 0 aromatic carbocycles. The van der Waals surface area contributed by atoms with E-state index in [-0.39, 0.29) is 12.2 Å². The minimum atomic E-state index is 0.0885. The Balaban J connectivity index is 2.02. The third-order valence-corrected chi connectivity index (χ3v) is 3.71. The first kappa shape index (κ1) is 10.9. The molecule has 86 valence electrons. The first-order valence-corrected chi connectivity index (χ1v) is 6.32. The van der Waals surface area contributed by atoms with Crippen molar-refractivity contribution in [2.24, 2.45) is 0 Å². The molecule has 0 aromatic rings. The second-order valence-corrected chi connectivity index (χ2v) is 4.87. The summed E-state index contributed by atoms with van der Waals surface area (Å²) in [6.45, 7) is 4.25. The van der Waals surface area contributed by atoms with E-state index in [1.54, 1.807) is 0 Å². The van der Waals surface area contributed by atoms with Crippen LogP contribution in [0.2, 0.25) is 0 Å². The van der Waals surface area contributed by atoms with Gasteiger partial charge in [0.25, 0.3) is 0 Å². The van der Waals surface area contributed by atoms with E-state index in [0.29, 0.717) is 11.9 Å². The predicted molar refractivity (Wildman–Crippen MR) is 60.4 cm³/mol. The fraction of sp³-hybridized carbons (Fsp3) is 0.917. The summed E-state index contributed by atoms with van der Waals surface area (Å²) in [6.07, 6.45) is 7.30. The maximum Gasteiger partial charge on any atom is 0.241 e. The molecule has 1 saturated carbocycles. The van der Waals surface area contributed by atoms with Crippen LogP contribution in [0.5, 0.6) is 0 Å². The molecule has 2 atom stereocenters. The average Bonchev–Trinajstić information content (AvgIpc) is 2.77. The van der Waals surface area contributed by atoms with Gasteiger partial charge in [0.05, 0.1) is 12.2 Å². The maximum atomic E-state index is 12.2. The number of carbonyl (C=O) groups excluding carboxylic acids is 1. The van der Waals surface area contributed by atoms with E-state index in [1.807, 2.05) is 0 Å². The van der Waals surface area contributed by atoms with Crippen LogP contribution in [-0.4, -0.2) is 29.1 Å². The topological polar surface area (TPSA) is 32.3 Å². The summed E-state index contributed by atoms with van der Waals surface area (Å²) in [4.78, 5) is 14.3. The highest BCUT2D eigenvalue weighted by atomic mass is 16.2. The lowest BCUT2D eigenvalue weighted by atomic mass is 10.1. The van der Waals surface area contributed by atoms with Crippen molar-refractivity contribution in [1.82, 2.24) is 10.2 Å². The number of carbonyl (C=O) groups is 1. The molecule has 0 aromatic heterocycles. The highest BCUT2D eigenvalue weighted by Gasteiger charge is 2.40. The molecule has 1 N–H and O–H groups in total. The molecule has 2 fully saturated rings. The second-order valence-electron chi connectivity index (χ2n) is 4.87. The fourth-order valence-corrected chi connectivity index (χ4v) is 2.99. The molecule has 15 heavy (non-hydrogen) atoms. The zero-order chi connectivity index (χ0) is 10.8. The lowest BCUT2D eigenvalue weighted by Crippen LogP contribution is -2.41. The molecule has 2 aliphatic rings. The van der Waals surface area contributed by atoms with Gasteiger partial charge in [-0.3, -0.25) is 10.1 Å². The molecule has 0 spiro atoms. The SMILES string of the molecule is CCCC1NC(C)N(C2CCCC2)C1=O. The van der Waals surface area contributed by atoms with Gasteiger partial charge in [0, 0.05) is 6.04 Å². The van der Waals surface area contributed by atoms with E-state index < -0.39 is 0 Å². The van der Waals surface area contributed by atoms with E-state index in [0.717, 1.165) is 12.8 Å². The molecule has 1 aliphatic heterocycles. The minimum absolute atomic E-state index is 0.0885. The van der Waals surface area contributed by atoms with Crippen molar-refractivity contribution in [3.63, 3.8) is 0 Å². The van der Waals surface area contributed by atoms with Gasteiger partial charge in [-0.2, -0.15) is 0 Å². The van der Waals surface area contributed by atoms with E-state index in [2.05, 4.69) is 24.1 Å². The summed E-state index contributed by atoms with van der Waals surface area (Å²) in [5.41, 5.74) is 0. The third kappa shape index (κ3) is 2.03. The molecule has 1 saturated heterocycles. The third-order valence-electron chi connectivity index (χ3n) is 3.71. The van der Waals surface area contributed by atoms with Gasteiger partial charge in [-0.15, -0.1) is 0 Å². The Morgan fingerprint density at radius 1 is 1.40 bits per heavy atom. The van der Waals surface area contributed by atoms with Gasteiger partial charge in [0.15, 0.2) is 0 Å². The van der Waals surface area contributed by atoms with E-state index >= 15 is 0 Å². The number of hydrogen-bond acceptors (Lipinski definition) is 2. The van der Waals surface area contributed by atoms with Crippen LogP contribution in [0.4, 0.5) is 0 Å². The molecule has 3 nitrogen and oxygen atoms in total. The molecular weight excluding hydrogens is 188 g/mol. The van der Waals surface area contributed by atoms with Crippen LogP contribution < -0.4 is 5.32 Å². The largest absolute Gasteiger partial charge is 0.323 e. The van der Waals surface area contributed by atoms with Gasteiger partial charge < -0.3 is 4.90 Å². The lowest BCUT2D eigenvalue weighted by Gasteiger charge is -2.27. The summed E-state index contributed by atoms with van der Waals surface area (Å²) in [6, 6.07) is 0.604. The second kappa shape index (κ2) is 4.52. The molecular formula is C12H22N2O. The minimum Gasteiger partial charge on any atom is -0.323 e. The first-order valence-electron chi connectivity index (χ1n) is 6.32. The van der Waals surface area contributed by atoms with Gasteiger partial charge in [-0.25, -0.2) is 0 Å². The van der Waals surface area contributed by atoms with Crippen molar-refractivity contribution in [2.45, 2.75) is 70.6 Å². The molecule has 1 amide bonds. The van der Waals surface area contributed by atoms with Crippen LogP contribution in [0, 0.1) is 0 Å². The Bertz CT molecular complexity index is 236. The number of nitrogens with one attached hydrogen (secondary N) is 1. The van der Waals surface area contributed by atoms with Crippen LogP contribution in [0.3, 0.4) is 0 Å². The zero-order valence-corrected chi connectivity index (χ0v) is 9.83. The van der Waals surface area contributed by atoms with Crippen LogP contribution in [0.1, 0.15) is 52.4 Å². The summed E-state index contributed by atoms with van der Waals surface area (Å²) in [7, 11) is 0. The smallest absolute Gasteiger partial charge is 0.241 e. The number of nitrogens with zero attached hydrogens (tertiary/aromatic N) is 1. The van der Waals surface area contributed by atoms with Crippen LogP contribution in [-0.2, 0) is 4.79 Å². The van der Waals surface area contributed by atoms with Crippen molar-refractivity contribution >= 4 is 5.91 Å². The Morgan fingerprint density at radius 2 is 2.07 bits per heavy atom. The average molecular weight is 210 g/mol. The van der Waals surface area contributed by atoms with Crippen molar-refractivity contribution < 1.29 is 4.79 Å². The number of hydrogen-bond donors (Lipinski definition) is 1. The lowest BCUT2D eigenvalue weighted by molar-refractivity contribution is -0.132. The highest BCUT2D eigenvalue weighted by Crippen LogP contribution is 2.28. The predicted octanol–water partition coefficient (Wildman–Crippen LogP) is 1.88. The van der Waals surface area contributed by atoms with Crippen molar-refractivity contribution in [2.75, 3.05) is 0 Å². The van der Waals surface area contributed by atoms with Gasteiger partial charge >= 0.3 is 0 Å². The van der Waals surface area contributed by atoms with Crippen LogP contribution in [0.25, 0.3) is 0 Å². The molecule has 0 bridgehead atoms. The van der Waals surface area contributed by atoms with E-state index in [9.17, 15) is 4.79 Å². The number of rotatable bonds is 3. The molecule has 2 unspecified atom stereocenters. The Hall–Kier alpha value is -0.570. The normalized spacial score (nSPS) is 32.9. The molecule has 0 radical (unpaired) electrons. The van der Waals surface area contributed by atoms with E-state index in [4.69, 9.17) is 0 Å². The van der Waals surface area contributed by atoms with Crippen molar-refractivity contribution in [3.05, 3.63) is 0 Å². The zero-order valence-electron chi connectivity index (χ0n) is 9.83. The number of amides is 1. The Kier molecular flexibility index (Phi) is 3.29. The highest BCUT2D eigenvalue weighted by molar-refractivity contribution is 5.84. The molecule has 1 heterocycles. The van der Waals surface area contributed by atoms with Gasteiger partial charge in [0.1, 0.15) is 0 Å². The quantitative estimate of drug-likeness (QED) is 0.771. The van der Waals surface area contributed by atoms with Gasteiger partial charge in [-0.1, -0.05) is 26.2 Å². The maximum absolute atomic E-state index is 12.2.